The minimum absolute atomic E-state index is 0.276. The van der Waals surface area contributed by atoms with E-state index in [1.807, 2.05) is 0 Å². The van der Waals surface area contributed by atoms with E-state index in [1.165, 1.54) is 14.2 Å². The number of nitrogens with one attached hydrogen (secondary N) is 1. The molecule has 118 valence electrons. The Labute approximate surface area is 133 Å². The summed E-state index contributed by atoms with van der Waals surface area (Å²) in [6, 6.07) is 13.4. The normalized spacial score (nSPS) is 10.3. The first-order chi connectivity index (χ1) is 11.1. The van der Waals surface area contributed by atoms with Gasteiger partial charge in [-0.15, -0.1) is 0 Å². The fraction of sp³-hybridized carbons (Fsp3) is 0.118. The van der Waals surface area contributed by atoms with Gasteiger partial charge in [0.05, 0.1) is 18.9 Å². The Morgan fingerprint density at radius 3 is 2.43 bits per heavy atom. The van der Waals surface area contributed by atoms with Crippen LogP contribution in [0, 0.1) is 0 Å². The number of anilines is 1. The summed E-state index contributed by atoms with van der Waals surface area (Å²) in [6.07, 6.45) is 1.54. The second kappa shape index (κ2) is 7.74. The van der Waals surface area contributed by atoms with Crippen molar-refractivity contribution in [3.63, 3.8) is 0 Å². The number of ether oxygens (including phenoxy) is 1. The van der Waals surface area contributed by atoms with Crippen LogP contribution in [0.2, 0.25) is 0 Å². The number of rotatable bonds is 5. The van der Waals surface area contributed by atoms with E-state index in [4.69, 9.17) is 0 Å². The van der Waals surface area contributed by atoms with Crippen LogP contribution in [-0.4, -0.2) is 32.3 Å². The van der Waals surface area contributed by atoms with Gasteiger partial charge in [-0.25, -0.2) is 4.79 Å². The lowest BCUT2D eigenvalue weighted by Gasteiger charge is -2.07. The van der Waals surface area contributed by atoms with Crippen molar-refractivity contribution in [2.45, 2.75) is 0 Å². The van der Waals surface area contributed by atoms with Gasteiger partial charge < -0.3 is 14.9 Å². The standard InChI is InChI=1S/C17H16N2O4/c1-22-17(21)14-4-3-5-15(10-14)19-16(20)13-8-6-12(7-9-13)11-18-23-2/h3-11H,1-2H3,(H,19,20)/b18-11+. The summed E-state index contributed by atoms with van der Waals surface area (Å²) in [7, 11) is 2.77. The van der Waals surface area contributed by atoms with Crippen molar-refractivity contribution in [1.82, 2.24) is 0 Å². The molecule has 2 aromatic carbocycles. The van der Waals surface area contributed by atoms with Crippen LogP contribution in [0.4, 0.5) is 5.69 Å². The second-order valence-electron chi connectivity index (χ2n) is 4.57. The molecular formula is C17H16N2O4. The molecule has 2 rings (SSSR count). The quantitative estimate of drug-likeness (QED) is 0.523. The maximum Gasteiger partial charge on any atom is 0.337 e. The second-order valence-corrected chi connectivity index (χ2v) is 4.57. The van der Waals surface area contributed by atoms with Crippen LogP contribution in [0.3, 0.4) is 0 Å². The van der Waals surface area contributed by atoms with Crippen LogP contribution in [0.1, 0.15) is 26.3 Å². The van der Waals surface area contributed by atoms with Gasteiger partial charge in [0.1, 0.15) is 7.11 Å². The molecule has 2 aromatic rings. The van der Waals surface area contributed by atoms with Crippen molar-refractivity contribution >= 4 is 23.8 Å². The minimum Gasteiger partial charge on any atom is -0.465 e. The molecule has 0 spiro atoms. The maximum absolute atomic E-state index is 12.2. The van der Waals surface area contributed by atoms with Crippen LogP contribution in [0.25, 0.3) is 0 Å². The number of esters is 1. The number of hydrogen-bond donors (Lipinski definition) is 1. The van der Waals surface area contributed by atoms with Gasteiger partial charge in [0, 0.05) is 11.3 Å². The highest BCUT2D eigenvalue weighted by Gasteiger charge is 2.09. The molecule has 6 nitrogen and oxygen atoms in total. The third kappa shape index (κ3) is 4.41. The molecule has 0 aliphatic rings. The van der Waals surface area contributed by atoms with Gasteiger partial charge in [-0.05, 0) is 35.9 Å². The molecule has 0 atom stereocenters. The summed E-state index contributed by atoms with van der Waals surface area (Å²) >= 11 is 0. The molecule has 0 saturated heterocycles. The lowest BCUT2D eigenvalue weighted by atomic mass is 10.1. The molecule has 0 aliphatic heterocycles. The number of carbonyl (C=O) groups is 2. The van der Waals surface area contributed by atoms with E-state index < -0.39 is 5.97 Å². The lowest BCUT2D eigenvalue weighted by Crippen LogP contribution is -2.12. The summed E-state index contributed by atoms with van der Waals surface area (Å²) in [5.41, 5.74) is 2.19. The average molecular weight is 312 g/mol. The van der Waals surface area contributed by atoms with Crippen molar-refractivity contribution < 1.29 is 19.2 Å². The van der Waals surface area contributed by atoms with E-state index in [-0.39, 0.29) is 5.91 Å². The highest BCUT2D eigenvalue weighted by atomic mass is 16.6. The van der Waals surface area contributed by atoms with E-state index in [0.29, 0.717) is 16.8 Å². The van der Waals surface area contributed by atoms with Crippen LogP contribution >= 0.6 is 0 Å². The van der Waals surface area contributed by atoms with Crippen molar-refractivity contribution in [1.29, 1.82) is 0 Å². The van der Waals surface area contributed by atoms with Gasteiger partial charge in [-0.2, -0.15) is 0 Å². The first kappa shape index (κ1) is 16.2. The third-order valence-electron chi connectivity index (χ3n) is 3.02. The van der Waals surface area contributed by atoms with Crippen molar-refractivity contribution in [2.75, 3.05) is 19.5 Å². The molecule has 0 fully saturated rings. The molecule has 0 unspecified atom stereocenters. The van der Waals surface area contributed by atoms with Gasteiger partial charge in [0.25, 0.3) is 5.91 Å². The van der Waals surface area contributed by atoms with Crippen LogP contribution in [0.15, 0.2) is 53.7 Å². The molecule has 1 N–H and O–H groups in total. The van der Waals surface area contributed by atoms with Gasteiger partial charge in [0.2, 0.25) is 0 Å². The van der Waals surface area contributed by atoms with Crippen LogP contribution in [-0.2, 0) is 9.57 Å². The number of methoxy groups -OCH3 is 1. The maximum atomic E-state index is 12.2. The minimum atomic E-state index is -0.456. The lowest BCUT2D eigenvalue weighted by molar-refractivity contribution is 0.0600. The number of amides is 1. The average Bonchev–Trinajstić information content (AvgIpc) is 2.59. The zero-order chi connectivity index (χ0) is 16.7. The summed E-state index contributed by atoms with van der Waals surface area (Å²) in [5.74, 6) is -0.731. The van der Waals surface area contributed by atoms with Gasteiger partial charge in [-0.1, -0.05) is 23.4 Å². The third-order valence-corrected chi connectivity index (χ3v) is 3.02. The van der Waals surface area contributed by atoms with Crippen molar-refractivity contribution in [3.8, 4) is 0 Å². The highest BCUT2D eigenvalue weighted by molar-refractivity contribution is 6.05. The SMILES string of the molecule is CO/N=C/c1ccc(C(=O)Nc2cccc(C(=O)OC)c2)cc1. The Kier molecular flexibility index (Phi) is 5.46. The largest absolute Gasteiger partial charge is 0.465 e. The Hall–Kier alpha value is -3.15. The molecular weight excluding hydrogens is 296 g/mol. The molecule has 0 aromatic heterocycles. The van der Waals surface area contributed by atoms with Crippen LogP contribution in [0.5, 0.6) is 0 Å². The molecule has 0 saturated carbocycles. The Morgan fingerprint density at radius 2 is 1.78 bits per heavy atom. The molecule has 0 radical (unpaired) electrons. The summed E-state index contributed by atoms with van der Waals surface area (Å²) in [5, 5.41) is 6.38. The van der Waals surface area contributed by atoms with E-state index in [9.17, 15) is 9.59 Å². The monoisotopic (exact) mass is 312 g/mol. The predicted molar refractivity (Wildman–Crippen MR) is 86.8 cm³/mol. The van der Waals surface area contributed by atoms with Gasteiger partial charge in [-0.3, -0.25) is 4.79 Å². The summed E-state index contributed by atoms with van der Waals surface area (Å²) in [4.78, 5) is 28.3. The zero-order valence-corrected chi connectivity index (χ0v) is 12.8. The van der Waals surface area contributed by atoms with Gasteiger partial charge >= 0.3 is 5.97 Å². The topological polar surface area (TPSA) is 77.0 Å². The molecule has 0 aliphatic carbocycles. The fourth-order valence-corrected chi connectivity index (χ4v) is 1.88. The van der Waals surface area contributed by atoms with Gasteiger partial charge in [0.15, 0.2) is 0 Å². The summed E-state index contributed by atoms with van der Waals surface area (Å²) < 4.78 is 4.65. The highest BCUT2D eigenvalue weighted by Crippen LogP contribution is 2.13. The number of hydrogen-bond acceptors (Lipinski definition) is 5. The van der Waals surface area contributed by atoms with Crippen LogP contribution < -0.4 is 5.32 Å². The smallest absolute Gasteiger partial charge is 0.337 e. The summed E-state index contributed by atoms with van der Waals surface area (Å²) in [6.45, 7) is 0. The van der Waals surface area contributed by atoms with E-state index in [1.54, 1.807) is 54.7 Å². The molecule has 6 heteroatoms. The number of nitrogens with zero attached hydrogens (tertiary/aromatic N) is 1. The fourth-order valence-electron chi connectivity index (χ4n) is 1.88. The molecule has 23 heavy (non-hydrogen) atoms. The number of oxime groups is 1. The number of benzene rings is 2. The molecule has 0 heterocycles. The Morgan fingerprint density at radius 1 is 1.04 bits per heavy atom. The Balaban J connectivity index is 2.10. The van der Waals surface area contributed by atoms with E-state index in [2.05, 4.69) is 20.0 Å². The molecule has 0 bridgehead atoms. The van der Waals surface area contributed by atoms with Crippen molar-refractivity contribution in [3.05, 3.63) is 65.2 Å². The molecule has 1 amide bonds. The van der Waals surface area contributed by atoms with E-state index in [0.717, 1.165) is 5.56 Å². The zero-order valence-electron chi connectivity index (χ0n) is 12.8. The Bertz CT molecular complexity index is 724. The predicted octanol–water partition coefficient (Wildman–Crippen LogP) is 2.71. The van der Waals surface area contributed by atoms with E-state index >= 15 is 0 Å². The first-order valence-corrected chi connectivity index (χ1v) is 6.80. The number of carbonyl (C=O) groups excluding carboxylic acids is 2. The van der Waals surface area contributed by atoms with Crippen molar-refractivity contribution in [2.24, 2.45) is 5.16 Å². The first-order valence-electron chi connectivity index (χ1n) is 6.80.